The summed E-state index contributed by atoms with van der Waals surface area (Å²) in [6, 6.07) is 0.801. The lowest BCUT2D eigenvalue weighted by Crippen LogP contribution is -2.54. The number of alkyl halides is 6. The van der Waals surface area contributed by atoms with Crippen LogP contribution in [0.3, 0.4) is 0 Å². The zero-order valence-electron chi connectivity index (χ0n) is 22.3. The fourth-order valence-corrected chi connectivity index (χ4v) is 5.84. The first-order valence-electron chi connectivity index (χ1n) is 12.4. The third-order valence-electron chi connectivity index (χ3n) is 6.98. The Morgan fingerprint density at radius 2 is 1.69 bits per heavy atom. The van der Waals surface area contributed by atoms with E-state index in [0.717, 1.165) is 12.5 Å². The second kappa shape index (κ2) is 11.8. The minimum Gasteiger partial charge on any atom is -0.369 e. The molecule has 3 amide bonds. The molecule has 0 radical (unpaired) electrons. The zero-order valence-corrected chi connectivity index (χ0v) is 24.7. The van der Waals surface area contributed by atoms with Crippen LogP contribution in [0.15, 0.2) is 12.1 Å². The number of thiazole rings is 1. The molecule has 0 spiro atoms. The maximum absolute atomic E-state index is 13.6. The number of halogens is 8. The topological polar surface area (TPSA) is 126 Å². The van der Waals surface area contributed by atoms with Crippen molar-refractivity contribution in [3.63, 3.8) is 0 Å². The smallest absolute Gasteiger partial charge is 0.369 e. The van der Waals surface area contributed by atoms with Gasteiger partial charge in [-0.25, -0.2) is 4.98 Å². The van der Waals surface area contributed by atoms with Crippen LogP contribution in [-0.2, 0) is 10.4 Å². The van der Waals surface area contributed by atoms with E-state index in [4.69, 9.17) is 28.9 Å². The Labute approximate surface area is 250 Å². The van der Waals surface area contributed by atoms with Crippen LogP contribution in [0, 0.1) is 5.41 Å². The van der Waals surface area contributed by atoms with E-state index in [9.17, 15) is 45.8 Å². The minimum atomic E-state index is -6.22. The predicted octanol–water partition coefficient (Wildman–Crippen LogP) is 5.69. The van der Waals surface area contributed by atoms with E-state index >= 15 is 0 Å². The van der Waals surface area contributed by atoms with Crippen molar-refractivity contribution >= 4 is 52.3 Å². The van der Waals surface area contributed by atoms with Crippen LogP contribution in [0.2, 0.25) is 10.0 Å². The Morgan fingerprint density at radius 1 is 1.10 bits per heavy atom. The third kappa shape index (κ3) is 6.19. The summed E-state index contributed by atoms with van der Waals surface area (Å²) >= 11 is 12.7. The number of primary amides is 1. The van der Waals surface area contributed by atoms with Gasteiger partial charge in [0.15, 0.2) is 5.01 Å². The minimum absolute atomic E-state index is 0.155. The molecule has 3 rings (SSSR count). The number of amides is 3. The Balaban J connectivity index is 2.18. The highest BCUT2D eigenvalue weighted by molar-refractivity contribution is 7.17. The van der Waals surface area contributed by atoms with Crippen LogP contribution in [0.1, 0.15) is 65.9 Å². The van der Waals surface area contributed by atoms with Gasteiger partial charge in [-0.3, -0.25) is 14.4 Å². The second-order valence-corrected chi connectivity index (χ2v) is 12.2. The Hall–Kier alpha value is -2.62. The third-order valence-corrected chi connectivity index (χ3v) is 8.95. The first kappa shape index (κ1) is 33.9. The fraction of sp³-hybridized carbons (Fsp3) is 0.520. The number of nitrogens with two attached hydrogens (primary N) is 1. The number of likely N-dealkylation sites (tertiary alicyclic amines) is 1. The van der Waals surface area contributed by atoms with E-state index in [0.29, 0.717) is 36.8 Å². The Bertz CT molecular complexity index is 1380. The van der Waals surface area contributed by atoms with Gasteiger partial charge < -0.3 is 21.1 Å². The number of carbonyl (C=O) groups is 3. The average molecular weight is 663 g/mol. The van der Waals surface area contributed by atoms with E-state index in [2.05, 4.69) is 10.3 Å². The van der Waals surface area contributed by atoms with Crippen LogP contribution in [0.25, 0.3) is 10.4 Å². The van der Waals surface area contributed by atoms with Gasteiger partial charge in [0.1, 0.15) is 5.69 Å². The lowest BCUT2D eigenvalue weighted by atomic mass is 9.91. The summed E-state index contributed by atoms with van der Waals surface area (Å²) < 4.78 is 81.2. The van der Waals surface area contributed by atoms with Crippen molar-refractivity contribution in [3.05, 3.63) is 38.4 Å². The summed E-state index contributed by atoms with van der Waals surface area (Å²) in [7, 11) is 0. The molecule has 4 N–H and O–H groups in total. The molecule has 0 saturated carbocycles. The SMILES string of the molecule is CC1CCCCN1C(=O)c1nc(C(=O)NCC(C)(C)C(N)=O)sc1-c1ccc(C(O)(C(F)(F)F)C(F)(F)F)c(Cl)c1Cl. The maximum atomic E-state index is 13.6. The summed E-state index contributed by atoms with van der Waals surface area (Å²) in [5.74, 6) is -2.19. The summed E-state index contributed by atoms with van der Waals surface area (Å²) in [4.78, 5) is 43.6. The monoisotopic (exact) mass is 662 g/mol. The fourth-order valence-electron chi connectivity index (χ4n) is 4.21. The molecule has 1 aromatic heterocycles. The first-order chi connectivity index (χ1) is 19.1. The van der Waals surface area contributed by atoms with Crippen molar-refractivity contribution in [3.8, 4) is 10.4 Å². The molecule has 0 bridgehead atoms. The molecule has 42 heavy (non-hydrogen) atoms. The molecule has 2 heterocycles. The molecule has 0 aliphatic carbocycles. The van der Waals surface area contributed by atoms with Crippen LogP contribution in [-0.4, -0.2) is 64.2 Å². The lowest BCUT2D eigenvalue weighted by Gasteiger charge is -2.34. The van der Waals surface area contributed by atoms with Crippen LogP contribution in [0.5, 0.6) is 0 Å². The number of benzene rings is 1. The second-order valence-electron chi connectivity index (χ2n) is 10.5. The molecule has 1 aliphatic rings. The van der Waals surface area contributed by atoms with Crippen molar-refractivity contribution < 1.29 is 45.8 Å². The van der Waals surface area contributed by atoms with Crippen molar-refractivity contribution in [1.82, 2.24) is 15.2 Å². The van der Waals surface area contributed by atoms with E-state index in [1.165, 1.54) is 18.7 Å². The van der Waals surface area contributed by atoms with Crippen LogP contribution < -0.4 is 11.1 Å². The predicted molar refractivity (Wildman–Crippen MR) is 143 cm³/mol. The van der Waals surface area contributed by atoms with Gasteiger partial charge in [0.25, 0.3) is 17.4 Å². The zero-order chi connectivity index (χ0) is 32.0. The molecule has 8 nitrogen and oxygen atoms in total. The number of aromatic nitrogens is 1. The molecule has 232 valence electrons. The highest BCUT2D eigenvalue weighted by Crippen LogP contribution is 2.54. The maximum Gasteiger partial charge on any atom is 0.430 e. The van der Waals surface area contributed by atoms with Crippen molar-refractivity contribution in [2.45, 2.75) is 64.0 Å². The van der Waals surface area contributed by atoms with Crippen molar-refractivity contribution in [2.75, 3.05) is 13.1 Å². The normalized spacial score (nSPS) is 16.9. The highest BCUT2D eigenvalue weighted by atomic mass is 35.5. The molecule has 1 saturated heterocycles. The van der Waals surface area contributed by atoms with E-state index < -0.39 is 56.7 Å². The van der Waals surface area contributed by atoms with Crippen LogP contribution in [0.4, 0.5) is 26.3 Å². The van der Waals surface area contributed by atoms with Gasteiger partial charge in [-0.15, -0.1) is 11.3 Å². The number of nitrogens with zero attached hydrogens (tertiary/aromatic N) is 2. The molecule has 1 aliphatic heterocycles. The van der Waals surface area contributed by atoms with Gasteiger partial charge in [-0.05, 0) is 40.0 Å². The molecular weight excluding hydrogens is 637 g/mol. The molecule has 2 aromatic rings. The standard InChI is InChI=1S/C25H26Cl2F6N4O4S/c1-11-6-4-5-9-37(11)20(39)16-17(42-19(36-16)18(38)35-10-22(2,3)21(34)40)12-7-8-13(15(27)14(12)26)23(41,24(28,29)30)25(31,32)33/h7-8,11,41H,4-6,9-10H2,1-3H3,(H2,34,40)(H,35,38). The largest absolute Gasteiger partial charge is 0.430 e. The van der Waals surface area contributed by atoms with E-state index in [-0.39, 0.29) is 33.7 Å². The molecule has 1 fully saturated rings. The molecule has 1 unspecified atom stereocenters. The molecular formula is C25H26Cl2F6N4O4S. The van der Waals surface area contributed by atoms with Crippen LogP contribution >= 0.6 is 34.5 Å². The summed E-state index contributed by atoms with van der Waals surface area (Å²) in [5, 5.41) is 9.91. The number of carbonyl (C=O) groups excluding carboxylic acids is 3. The summed E-state index contributed by atoms with van der Waals surface area (Å²) in [5.41, 5.74) is -3.58. The lowest BCUT2D eigenvalue weighted by molar-refractivity contribution is -0.376. The number of aliphatic hydroxyl groups is 1. The molecule has 17 heteroatoms. The molecule has 1 atom stereocenters. The molecule has 1 aromatic carbocycles. The summed E-state index contributed by atoms with van der Waals surface area (Å²) in [6.07, 6.45) is -10.3. The Morgan fingerprint density at radius 3 is 2.21 bits per heavy atom. The number of rotatable bonds is 7. The van der Waals surface area contributed by atoms with Gasteiger partial charge in [-0.2, -0.15) is 26.3 Å². The van der Waals surface area contributed by atoms with Crippen molar-refractivity contribution in [2.24, 2.45) is 11.1 Å². The number of hydrogen-bond acceptors (Lipinski definition) is 6. The van der Waals surface area contributed by atoms with E-state index in [1.807, 2.05) is 0 Å². The highest BCUT2D eigenvalue weighted by Gasteiger charge is 2.72. The van der Waals surface area contributed by atoms with Gasteiger partial charge in [0.05, 0.1) is 20.3 Å². The van der Waals surface area contributed by atoms with E-state index in [1.54, 1.807) is 6.92 Å². The number of piperidine rings is 1. The van der Waals surface area contributed by atoms with Gasteiger partial charge in [0, 0.05) is 30.3 Å². The Kier molecular flexibility index (Phi) is 9.53. The van der Waals surface area contributed by atoms with Gasteiger partial charge in [-0.1, -0.05) is 35.3 Å². The van der Waals surface area contributed by atoms with Crippen molar-refractivity contribution in [1.29, 1.82) is 0 Å². The average Bonchev–Trinajstić information content (AvgIpc) is 3.32. The summed E-state index contributed by atoms with van der Waals surface area (Å²) in [6.45, 7) is 4.86. The quantitative estimate of drug-likeness (QED) is 0.329. The van der Waals surface area contributed by atoms with Gasteiger partial charge in [0.2, 0.25) is 5.91 Å². The van der Waals surface area contributed by atoms with Gasteiger partial charge >= 0.3 is 12.4 Å². The number of hydrogen-bond donors (Lipinski definition) is 3. The number of nitrogens with one attached hydrogen (secondary N) is 1. The first-order valence-corrected chi connectivity index (χ1v) is 14.0.